The van der Waals surface area contributed by atoms with Gasteiger partial charge in [0.15, 0.2) is 0 Å². The minimum absolute atomic E-state index is 0.258. The summed E-state index contributed by atoms with van der Waals surface area (Å²) in [6.45, 7) is 2.53. The standard InChI is InChI=1S/C15H15Br2NO2/c1-9-6-11(16)7-13(20-2)14(9)18-8-10-4-3-5-12(17)15(10)19/h3-7,18-19H,8H2,1-2H3. The highest BCUT2D eigenvalue weighted by Crippen LogP contribution is 2.33. The van der Waals surface area contributed by atoms with Crippen LogP contribution in [0.4, 0.5) is 5.69 Å². The van der Waals surface area contributed by atoms with Crippen LogP contribution in [-0.4, -0.2) is 12.2 Å². The lowest BCUT2D eigenvalue weighted by Crippen LogP contribution is -2.03. The van der Waals surface area contributed by atoms with Crippen molar-refractivity contribution in [3.8, 4) is 11.5 Å². The zero-order valence-corrected chi connectivity index (χ0v) is 14.4. The fraction of sp³-hybridized carbons (Fsp3) is 0.200. The average Bonchev–Trinajstić information content (AvgIpc) is 2.41. The number of para-hydroxylation sites is 1. The molecule has 0 bridgehead atoms. The van der Waals surface area contributed by atoms with E-state index in [2.05, 4.69) is 37.2 Å². The van der Waals surface area contributed by atoms with Gasteiger partial charge in [-0.1, -0.05) is 28.1 Å². The molecule has 2 aromatic rings. The molecule has 2 N–H and O–H groups in total. The van der Waals surface area contributed by atoms with E-state index in [0.29, 0.717) is 11.0 Å². The van der Waals surface area contributed by atoms with E-state index in [1.165, 1.54) is 0 Å². The van der Waals surface area contributed by atoms with E-state index in [-0.39, 0.29) is 5.75 Å². The number of hydrogen-bond acceptors (Lipinski definition) is 3. The van der Waals surface area contributed by atoms with Crippen molar-refractivity contribution < 1.29 is 9.84 Å². The first-order valence-corrected chi connectivity index (χ1v) is 7.66. The Morgan fingerprint density at radius 3 is 2.70 bits per heavy atom. The highest BCUT2D eigenvalue weighted by molar-refractivity contribution is 9.10. The summed E-state index contributed by atoms with van der Waals surface area (Å²) in [7, 11) is 1.64. The molecule has 3 nitrogen and oxygen atoms in total. The minimum atomic E-state index is 0.258. The first-order chi connectivity index (χ1) is 9.52. The number of aromatic hydroxyl groups is 1. The van der Waals surface area contributed by atoms with Crippen molar-refractivity contribution in [2.24, 2.45) is 0 Å². The van der Waals surface area contributed by atoms with Gasteiger partial charge < -0.3 is 15.2 Å². The molecule has 0 amide bonds. The predicted molar refractivity (Wildman–Crippen MR) is 88.6 cm³/mol. The van der Waals surface area contributed by atoms with Gasteiger partial charge in [0.1, 0.15) is 11.5 Å². The van der Waals surface area contributed by atoms with E-state index in [0.717, 1.165) is 27.0 Å². The Morgan fingerprint density at radius 1 is 1.25 bits per heavy atom. The Kier molecular flexibility index (Phi) is 4.94. The maximum absolute atomic E-state index is 9.99. The van der Waals surface area contributed by atoms with E-state index in [1.54, 1.807) is 7.11 Å². The van der Waals surface area contributed by atoms with E-state index in [1.807, 2.05) is 37.3 Å². The van der Waals surface area contributed by atoms with Crippen LogP contribution in [-0.2, 0) is 6.54 Å². The third kappa shape index (κ3) is 3.27. The maximum Gasteiger partial charge on any atom is 0.143 e. The van der Waals surface area contributed by atoms with Crippen LogP contribution in [0.1, 0.15) is 11.1 Å². The molecule has 0 radical (unpaired) electrons. The normalized spacial score (nSPS) is 10.4. The third-order valence-corrected chi connectivity index (χ3v) is 4.11. The van der Waals surface area contributed by atoms with Gasteiger partial charge in [0, 0.05) is 16.6 Å². The molecular weight excluding hydrogens is 386 g/mol. The Bertz CT molecular complexity index is 630. The summed E-state index contributed by atoms with van der Waals surface area (Å²) in [5, 5.41) is 13.3. The van der Waals surface area contributed by atoms with Gasteiger partial charge >= 0.3 is 0 Å². The summed E-state index contributed by atoms with van der Waals surface area (Å²) in [5.41, 5.74) is 2.82. The molecule has 0 spiro atoms. The molecule has 0 aromatic heterocycles. The van der Waals surface area contributed by atoms with Gasteiger partial charge in [-0.3, -0.25) is 0 Å². The summed E-state index contributed by atoms with van der Waals surface area (Å²) < 4.78 is 7.05. The number of ether oxygens (including phenoxy) is 1. The van der Waals surface area contributed by atoms with Gasteiger partial charge in [0.05, 0.1) is 17.3 Å². The summed E-state index contributed by atoms with van der Waals surface area (Å²) in [6.07, 6.45) is 0. The van der Waals surface area contributed by atoms with Gasteiger partial charge in [-0.2, -0.15) is 0 Å². The number of aryl methyl sites for hydroxylation is 1. The number of anilines is 1. The van der Waals surface area contributed by atoms with Crippen molar-refractivity contribution in [3.05, 3.63) is 50.4 Å². The van der Waals surface area contributed by atoms with Crippen LogP contribution in [0.15, 0.2) is 39.3 Å². The van der Waals surface area contributed by atoms with Crippen LogP contribution < -0.4 is 10.1 Å². The number of phenols is 1. The van der Waals surface area contributed by atoms with Crippen LogP contribution in [0.2, 0.25) is 0 Å². The molecule has 0 aliphatic rings. The molecular formula is C15H15Br2NO2. The topological polar surface area (TPSA) is 41.5 Å². The van der Waals surface area contributed by atoms with Crippen molar-refractivity contribution in [2.45, 2.75) is 13.5 Å². The predicted octanol–water partition coefficient (Wildman–Crippen LogP) is 4.85. The molecule has 0 saturated heterocycles. The number of hydrogen-bond donors (Lipinski definition) is 2. The fourth-order valence-electron chi connectivity index (χ4n) is 1.99. The van der Waals surface area contributed by atoms with Crippen molar-refractivity contribution >= 4 is 37.5 Å². The highest BCUT2D eigenvalue weighted by Gasteiger charge is 2.10. The molecule has 106 valence electrons. The second-order valence-electron chi connectivity index (χ2n) is 4.40. The van der Waals surface area contributed by atoms with Crippen molar-refractivity contribution in [3.63, 3.8) is 0 Å². The number of benzene rings is 2. The Hall–Kier alpha value is -1.20. The quantitative estimate of drug-likeness (QED) is 0.770. The second-order valence-corrected chi connectivity index (χ2v) is 6.17. The Morgan fingerprint density at radius 2 is 2.00 bits per heavy atom. The van der Waals surface area contributed by atoms with E-state index in [9.17, 15) is 5.11 Å². The first kappa shape index (κ1) is 15.2. The van der Waals surface area contributed by atoms with Crippen molar-refractivity contribution in [2.75, 3.05) is 12.4 Å². The van der Waals surface area contributed by atoms with Gasteiger partial charge in [-0.25, -0.2) is 0 Å². The molecule has 0 aliphatic carbocycles. The molecule has 0 fully saturated rings. The molecule has 0 unspecified atom stereocenters. The summed E-state index contributed by atoms with van der Waals surface area (Å²) >= 11 is 6.77. The second kappa shape index (κ2) is 6.50. The zero-order valence-electron chi connectivity index (χ0n) is 11.2. The van der Waals surface area contributed by atoms with Gasteiger partial charge in [0.25, 0.3) is 0 Å². The molecule has 2 rings (SSSR count). The Labute approximate surface area is 135 Å². The van der Waals surface area contributed by atoms with E-state index >= 15 is 0 Å². The molecule has 0 heterocycles. The van der Waals surface area contributed by atoms with Crippen LogP contribution in [0.5, 0.6) is 11.5 Å². The van der Waals surface area contributed by atoms with E-state index in [4.69, 9.17) is 4.74 Å². The first-order valence-electron chi connectivity index (χ1n) is 6.07. The van der Waals surface area contributed by atoms with Gasteiger partial charge in [-0.15, -0.1) is 0 Å². The molecule has 0 atom stereocenters. The third-order valence-electron chi connectivity index (χ3n) is 3.01. The molecule has 2 aromatic carbocycles. The Balaban J connectivity index is 2.25. The van der Waals surface area contributed by atoms with Crippen LogP contribution in [0.25, 0.3) is 0 Å². The molecule has 5 heteroatoms. The lowest BCUT2D eigenvalue weighted by molar-refractivity contribution is 0.415. The lowest BCUT2D eigenvalue weighted by Gasteiger charge is -2.15. The summed E-state index contributed by atoms with van der Waals surface area (Å²) in [4.78, 5) is 0. The fourth-order valence-corrected chi connectivity index (χ4v) is 2.94. The highest BCUT2D eigenvalue weighted by atomic mass is 79.9. The smallest absolute Gasteiger partial charge is 0.143 e. The maximum atomic E-state index is 9.99. The molecule has 0 aliphatic heterocycles. The van der Waals surface area contributed by atoms with Crippen molar-refractivity contribution in [1.82, 2.24) is 0 Å². The summed E-state index contributed by atoms with van der Waals surface area (Å²) in [5.74, 6) is 1.03. The van der Waals surface area contributed by atoms with Crippen LogP contribution in [0.3, 0.4) is 0 Å². The number of methoxy groups -OCH3 is 1. The average molecular weight is 401 g/mol. The molecule has 0 saturated carbocycles. The minimum Gasteiger partial charge on any atom is -0.506 e. The number of rotatable bonds is 4. The summed E-state index contributed by atoms with van der Waals surface area (Å²) in [6, 6.07) is 9.52. The monoisotopic (exact) mass is 399 g/mol. The van der Waals surface area contributed by atoms with Crippen molar-refractivity contribution in [1.29, 1.82) is 0 Å². The number of halogens is 2. The van der Waals surface area contributed by atoms with Gasteiger partial charge in [-0.05, 0) is 46.6 Å². The number of phenolic OH excluding ortho intramolecular Hbond substituents is 1. The zero-order chi connectivity index (χ0) is 14.7. The largest absolute Gasteiger partial charge is 0.506 e. The van der Waals surface area contributed by atoms with Crippen LogP contribution >= 0.6 is 31.9 Å². The van der Waals surface area contributed by atoms with Crippen LogP contribution in [0, 0.1) is 6.92 Å². The SMILES string of the molecule is COc1cc(Br)cc(C)c1NCc1cccc(Br)c1O. The lowest BCUT2D eigenvalue weighted by atomic mass is 10.1. The van der Waals surface area contributed by atoms with E-state index < -0.39 is 0 Å². The number of nitrogens with one attached hydrogen (secondary N) is 1. The molecule has 20 heavy (non-hydrogen) atoms. The van der Waals surface area contributed by atoms with Gasteiger partial charge in [0.2, 0.25) is 0 Å².